The molecule has 0 aliphatic carbocycles. The van der Waals surface area contributed by atoms with Crippen molar-refractivity contribution in [3.05, 3.63) is 48.6 Å². The van der Waals surface area contributed by atoms with Crippen LogP contribution in [0.4, 0.5) is 17.1 Å². The largest absolute Gasteiger partial charge is 0.466 e. The third kappa shape index (κ3) is 4.49. The van der Waals surface area contributed by atoms with Crippen LogP contribution in [0.2, 0.25) is 0 Å². The minimum absolute atomic E-state index is 0.0666. The molecule has 0 spiro atoms. The average molecular weight is 404 g/mol. The molecule has 24 heavy (non-hydrogen) atoms. The number of halogens is 1. The van der Waals surface area contributed by atoms with E-state index in [4.69, 9.17) is 0 Å². The van der Waals surface area contributed by atoms with E-state index < -0.39 is 38.9 Å². The Morgan fingerprint density at radius 2 is 1.79 bits per heavy atom. The van der Waals surface area contributed by atoms with Crippen molar-refractivity contribution in [3.8, 4) is 0 Å². The first-order chi connectivity index (χ1) is 11.2. The van der Waals surface area contributed by atoms with Crippen molar-refractivity contribution < 1.29 is 28.9 Å². The van der Waals surface area contributed by atoms with Gasteiger partial charge in [0.1, 0.15) is 11.4 Å². The summed E-state index contributed by atoms with van der Waals surface area (Å²) in [4.78, 5) is 43.2. The van der Waals surface area contributed by atoms with Crippen LogP contribution >= 0.6 is 15.9 Å². The van der Waals surface area contributed by atoms with E-state index in [0.29, 0.717) is 6.07 Å². The van der Waals surface area contributed by atoms with Gasteiger partial charge in [0, 0.05) is 6.07 Å². The first kappa shape index (κ1) is 19.0. The van der Waals surface area contributed by atoms with Gasteiger partial charge in [-0.15, -0.1) is 0 Å². The maximum atomic E-state index is 11.7. The Hall–Kier alpha value is -3.02. The van der Waals surface area contributed by atoms with Crippen molar-refractivity contribution >= 4 is 44.9 Å². The molecule has 128 valence electrons. The van der Waals surface area contributed by atoms with Gasteiger partial charge in [-0.2, -0.15) is 0 Å². The van der Waals surface area contributed by atoms with Gasteiger partial charge in [0.05, 0.1) is 40.7 Å². The molecule has 0 heterocycles. The number of nitro groups is 2. The number of nitro benzene ring substituents is 2. The third-order valence-corrected chi connectivity index (χ3v) is 3.22. The van der Waals surface area contributed by atoms with Crippen molar-refractivity contribution in [1.82, 2.24) is 0 Å². The van der Waals surface area contributed by atoms with Gasteiger partial charge in [0.25, 0.3) is 5.69 Å². The molecule has 1 N–H and O–H groups in total. The molecule has 1 aromatic rings. The van der Waals surface area contributed by atoms with Crippen molar-refractivity contribution in [2.75, 3.05) is 19.5 Å². The Kier molecular flexibility index (Phi) is 6.35. The average Bonchev–Trinajstić information content (AvgIpc) is 2.53. The summed E-state index contributed by atoms with van der Waals surface area (Å²) < 4.78 is 8.77. The molecule has 0 atom stereocenters. The second-order valence-electron chi connectivity index (χ2n) is 4.03. The summed E-state index contributed by atoms with van der Waals surface area (Å²) in [6.45, 7) is 0. The van der Waals surface area contributed by atoms with Crippen LogP contribution in [0.1, 0.15) is 0 Å². The number of anilines is 1. The van der Waals surface area contributed by atoms with E-state index in [-0.39, 0.29) is 10.2 Å². The lowest BCUT2D eigenvalue weighted by Gasteiger charge is -2.11. The zero-order valence-electron chi connectivity index (χ0n) is 12.3. The number of non-ortho nitro benzene ring substituents is 1. The topological polar surface area (TPSA) is 151 Å². The molecule has 0 saturated heterocycles. The molecular weight excluding hydrogens is 394 g/mol. The maximum absolute atomic E-state index is 11.7. The number of carbonyl (C=O) groups excluding carboxylic acids is 2. The number of nitrogens with one attached hydrogen (secondary N) is 1. The summed E-state index contributed by atoms with van der Waals surface area (Å²) in [7, 11) is 2.10. The molecule has 12 heteroatoms. The van der Waals surface area contributed by atoms with Crippen LogP contribution in [0.5, 0.6) is 0 Å². The molecular formula is C12H10BrN3O8. The van der Waals surface area contributed by atoms with Crippen LogP contribution in [0.25, 0.3) is 0 Å². The van der Waals surface area contributed by atoms with Crippen LogP contribution < -0.4 is 5.32 Å². The molecule has 0 aliphatic heterocycles. The molecule has 0 bridgehead atoms. The van der Waals surface area contributed by atoms with Gasteiger partial charge < -0.3 is 14.8 Å². The van der Waals surface area contributed by atoms with Gasteiger partial charge in [-0.05, 0) is 15.9 Å². The molecule has 0 unspecified atom stereocenters. The first-order valence-electron chi connectivity index (χ1n) is 5.98. The van der Waals surface area contributed by atoms with E-state index in [2.05, 4.69) is 30.7 Å². The number of methoxy groups -OCH3 is 2. The Balaban J connectivity index is 3.46. The summed E-state index contributed by atoms with van der Waals surface area (Å²) in [6, 6.07) is 1.71. The van der Waals surface area contributed by atoms with E-state index in [1.807, 2.05) is 0 Å². The van der Waals surface area contributed by atoms with Crippen LogP contribution in [0.3, 0.4) is 0 Å². The van der Waals surface area contributed by atoms with Crippen LogP contribution in [0, 0.1) is 20.2 Å². The third-order valence-electron chi connectivity index (χ3n) is 2.59. The molecule has 0 amide bonds. The molecule has 1 rings (SSSR count). The SMILES string of the molecule is COC(=O)/C=C(/Nc1c(Br)cc([N+](=O)[O-])cc1[N+](=O)[O-])C(=O)OC. The van der Waals surface area contributed by atoms with E-state index in [0.717, 1.165) is 26.4 Å². The standard InChI is InChI=1S/C12H10BrN3O8/c1-23-10(17)5-8(12(18)24-2)14-11-7(13)3-6(15(19)20)4-9(11)16(21)22/h3-5,14H,1-2H3/b8-5+. The molecule has 0 aliphatic rings. The van der Waals surface area contributed by atoms with E-state index in [1.54, 1.807) is 0 Å². The van der Waals surface area contributed by atoms with E-state index in [9.17, 15) is 29.8 Å². The number of hydrogen-bond acceptors (Lipinski definition) is 9. The van der Waals surface area contributed by atoms with Gasteiger partial charge in [-0.1, -0.05) is 0 Å². The van der Waals surface area contributed by atoms with Crippen molar-refractivity contribution in [2.45, 2.75) is 0 Å². The number of ether oxygens (including phenoxy) is 2. The van der Waals surface area contributed by atoms with E-state index >= 15 is 0 Å². The molecule has 0 aromatic heterocycles. The second kappa shape index (κ2) is 8.01. The molecule has 0 fully saturated rings. The Labute approximate surface area is 142 Å². The monoisotopic (exact) mass is 403 g/mol. The lowest BCUT2D eigenvalue weighted by molar-refractivity contribution is -0.393. The van der Waals surface area contributed by atoms with Crippen LogP contribution in [0.15, 0.2) is 28.4 Å². The van der Waals surface area contributed by atoms with Gasteiger partial charge in [-0.3, -0.25) is 20.2 Å². The van der Waals surface area contributed by atoms with Crippen LogP contribution in [-0.4, -0.2) is 36.0 Å². The first-order valence-corrected chi connectivity index (χ1v) is 6.77. The summed E-state index contributed by atoms with van der Waals surface area (Å²) in [5.41, 5.74) is -1.94. The summed E-state index contributed by atoms with van der Waals surface area (Å²) in [5.74, 6) is -1.91. The predicted molar refractivity (Wildman–Crippen MR) is 83.2 cm³/mol. The number of rotatable bonds is 6. The van der Waals surface area contributed by atoms with Crippen molar-refractivity contribution in [3.63, 3.8) is 0 Å². The Morgan fingerprint density at radius 3 is 2.25 bits per heavy atom. The highest BCUT2D eigenvalue weighted by atomic mass is 79.9. The zero-order chi connectivity index (χ0) is 18.4. The Bertz CT molecular complexity index is 746. The quantitative estimate of drug-likeness (QED) is 0.324. The summed E-state index contributed by atoms with van der Waals surface area (Å²) >= 11 is 2.95. The molecule has 11 nitrogen and oxygen atoms in total. The van der Waals surface area contributed by atoms with Gasteiger partial charge in [0.15, 0.2) is 0 Å². The number of nitrogens with zero attached hydrogens (tertiary/aromatic N) is 2. The van der Waals surface area contributed by atoms with Gasteiger partial charge in [-0.25, -0.2) is 9.59 Å². The highest BCUT2D eigenvalue weighted by Crippen LogP contribution is 2.37. The normalized spacial score (nSPS) is 10.7. The zero-order valence-corrected chi connectivity index (χ0v) is 13.9. The maximum Gasteiger partial charge on any atom is 0.354 e. The lowest BCUT2D eigenvalue weighted by Crippen LogP contribution is -2.16. The predicted octanol–water partition coefficient (Wildman–Crippen LogP) is 1.91. The highest BCUT2D eigenvalue weighted by Gasteiger charge is 2.25. The lowest BCUT2D eigenvalue weighted by atomic mass is 10.2. The highest BCUT2D eigenvalue weighted by molar-refractivity contribution is 9.10. The fourth-order valence-corrected chi connectivity index (χ4v) is 2.06. The number of esters is 2. The summed E-state index contributed by atoms with van der Waals surface area (Å²) in [6.07, 6.45) is 0.726. The minimum Gasteiger partial charge on any atom is -0.466 e. The van der Waals surface area contributed by atoms with Gasteiger partial charge >= 0.3 is 17.6 Å². The minimum atomic E-state index is -1.00. The van der Waals surface area contributed by atoms with Crippen molar-refractivity contribution in [2.24, 2.45) is 0 Å². The Morgan fingerprint density at radius 1 is 1.17 bits per heavy atom. The van der Waals surface area contributed by atoms with E-state index in [1.165, 1.54) is 0 Å². The summed E-state index contributed by atoms with van der Waals surface area (Å²) in [5, 5.41) is 24.3. The number of carbonyl (C=O) groups is 2. The smallest absolute Gasteiger partial charge is 0.354 e. The molecule has 0 radical (unpaired) electrons. The number of hydrogen-bond donors (Lipinski definition) is 1. The second-order valence-corrected chi connectivity index (χ2v) is 4.89. The van der Waals surface area contributed by atoms with Crippen molar-refractivity contribution in [1.29, 1.82) is 0 Å². The fourth-order valence-electron chi connectivity index (χ4n) is 1.52. The molecule has 0 saturated carbocycles. The number of benzene rings is 1. The molecule has 1 aromatic carbocycles. The van der Waals surface area contributed by atoms with Gasteiger partial charge in [0.2, 0.25) is 0 Å². The van der Waals surface area contributed by atoms with Crippen LogP contribution in [-0.2, 0) is 19.1 Å². The fraction of sp³-hybridized carbons (Fsp3) is 0.167.